The van der Waals surface area contributed by atoms with Crippen LogP contribution in [0.2, 0.25) is 0 Å². The largest absolute Gasteiger partial charge is 0.454 e. The van der Waals surface area contributed by atoms with Crippen LogP contribution in [-0.2, 0) is 4.74 Å². The zero-order valence-corrected chi connectivity index (χ0v) is 11.1. The normalized spacial score (nSPS) is 32.8. The minimum atomic E-state index is 0.308. The van der Waals surface area contributed by atoms with Crippen molar-refractivity contribution in [2.75, 3.05) is 6.79 Å². The van der Waals surface area contributed by atoms with Gasteiger partial charge in [0.2, 0.25) is 6.79 Å². The summed E-state index contributed by atoms with van der Waals surface area (Å²) in [6.07, 6.45) is 4.50. The van der Waals surface area contributed by atoms with Gasteiger partial charge >= 0.3 is 0 Å². The Hall–Kier alpha value is -1.26. The van der Waals surface area contributed by atoms with E-state index in [2.05, 4.69) is 24.4 Å². The lowest BCUT2D eigenvalue weighted by Crippen LogP contribution is -2.38. The lowest BCUT2D eigenvalue weighted by molar-refractivity contribution is 0.0962. The maximum Gasteiger partial charge on any atom is 0.231 e. The zero-order chi connectivity index (χ0) is 12.8. The minimum absolute atomic E-state index is 0.308. The summed E-state index contributed by atoms with van der Waals surface area (Å²) in [4.78, 5) is 0. The SMILES string of the molecule is CC(NC1CC2CCC1O2)c1ccc2c(c1)OCO2. The van der Waals surface area contributed by atoms with E-state index in [1.807, 2.05) is 6.07 Å². The summed E-state index contributed by atoms with van der Waals surface area (Å²) in [5.74, 6) is 1.70. The third kappa shape index (κ3) is 1.99. The monoisotopic (exact) mass is 261 g/mol. The molecule has 4 atom stereocenters. The molecule has 2 saturated heterocycles. The van der Waals surface area contributed by atoms with Crippen molar-refractivity contribution in [1.29, 1.82) is 0 Å². The average molecular weight is 261 g/mol. The fourth-order valence-corrected chi connectivity index (χ4v) is 3.41. The van der Waals surface area contributed by atoms with Crippen molar-refractivity contribution in [3.8, 4) is 11.5 Å². The molecule has 4 rings (SSSR count). The summed E-state index contributed by atoms with van der Waals surface area (Å²) in [7, 11) is 0. The standard InChI is InChI=1S/C15H19NO3/c1-9(16-12-7-11-3-5-13(12)19-11)10-2-4-14-15(6-10)18-8-17-14/h2,4,6,9,11-13,16H,3,5,7-8H2,1H3. The lowest BCUT2D eigenvalue weighted by atomic mass is 9.94. The Labute approximate surface area is 113 Å². The van der Waals surface area contributed by atoms with Crippen molar-refractivity contribution in [2.45, 2.75) is 50.5 Å². The minimum Gasteiger partial charge on any atom is -0.454 e. The lowest BCUT2D eigenvalue weighted by Gasteiger charge is -2.25. The Bertz CT molecular complexity index is 490. The Balaban J connectivity index is 1.47. The van der Waals surface area contributed by atoms with Crippen LogP contribution in [0.4, 0.5) is 0 Å². The van der Waals surface area contributed by atoms with Gasteiger partial charge in [-0.15, -0.1) is 0 Å². The van der Waals surface area contributed by atoms with E-state index in [0.717, 1.165) is 17.9 Å². The van der Waals surface area contributed by atoms with Crippen LogP contribution in [0.25, 0.3) is 0 Å². The van der Waals surface area contributed by atoms with Gasteiger partial charge < -0.3 is 19.5 Å². The summed E-state index contributed by atoms with van der Waals surface area (Å²) in [5.41, 5.74) is 1.24. The first-order chi connectivity index (χ1) is 9.29. The Morgan fingerprint density at radius 2 is 2.11 bits per heavy atom. The van der Waals surface area contributed by atoms with Gasteiger partial charge in [0.05, 0.1) is 12.2 Å². The molecule has 19 heavy (non-hydrogen) atoms. The number of hydrogen-bond donors (Lipinski definition) is 1. The zero-order valence-electron chi connectivity index (χ0n) is 11.1. The molecule has 4 nitrogen and oxygen atoms in total. The molecule has 4 heteroatoms. The number of nitrogens with one attached hydrogen (secondary N) is 1. The van der Waals surface area contributed by atoms with Crippen LogP contribution < -0.4 is 14.8 Å². The number of benzene rings is 1. The molecule has 4 unspecified atom stereocenters. The van der Waals surface area contributed by atoms with Crippen molar-refractivity contribution in [3.05, 3.63) is 23.8 Å². The highest BCUT2D eigenvalue weighted by Gasteiger charge is 2.41. The molecule has 0 radical (unpaired) electrons. The second-order valence-electron chi connectivity index (χ2n) is 5.72. The fourth-order valence-electron chi connectivity index (χ4n) is 3.41. The van der Waals surface area contributed by atoms with Gasteiger partial charge in [0, 0.05) is 12.1 Å². The van der Waals surface area contributed by atoms with Crippen LogP contribution in [-0.4, -0.2) is 25.0 Å². The van der Waals surface area contributed by atoms with Gasteiger partial charge in [-0.25, -0.2) is 0 Å². The van der Waals surface area contributed by atoms with E-state index in [-0.39, 0.29) is 0 Å². The van der Waals surface area contributed by atoms with Crippen LogP contribution in [0.15, 0.2) is 18.2 Å². The number of rotatable bonds is 3. The highest BCUT2D eigenvalue weighted by Crippen LogP contribution is 2.37. The third-order valence-electron chi connectivity index (χ3n) is 4.47. The maximum absolute atomic E-state index is 5.89. The summed E-state index contributed by atoms with van der Waals surface area (Å²) < 4.78 is 16.7. The van der Waals surface area contributed by atoms with Gasteiger partial charge in [-0.2, -0.15) is 0 Å². The van der Waals surface area contributed by atoms with Crippen LogP contribution in [0, 0.1) is 0 Å². The van der Waals surface area contributed by atoms with Crippen molar-refractivity contribution in [1.82, 2.24) is 5.32 Å². The second kappa shape index (κ2) is 4.39. The van der Waals surface area contributed by atoms with Gasteiger partial charge in [-0.05, 0) is 43.9 Å². The molecular weight excluding hydrogens is 242 g/mol. The van der Waals surface area contributed by atoms with Crippen molar-refractivity contribution < 1.29 is 14.2 Å². The molecule has 1 aromatic carbocycles. The molecule has 0 spiro atoms. The van der Waals surface area contributed by atoms with Crippen molar-refractivity contribution >= 4 is 0 Å². The molecule has 102 valence electrons. The highest BCUT2D eigenvalue weighted by atomic mass is 16.7. The topological polar surface area (TPSA) is 39.7 Å². The van der Waals surface area contributed by atoms with Gasteiger partial charge in [-0.3, -0.25) is 0 Å². The van der Waals surface area contributed by atoms with E-state index in [1.54, 1.807) is 0 Å². The first-order valence-electron chi connectivity index (χ1n) is 7.10. The smallest absolute Gasteiger partial charge is 0.231 e. The van der Waals surface area contributed by atoms with E-state index in [9.17, 15) is 0 Å². The van der Waals surface area contributed by atoms with Gasteiger partial charge in [0.15, 0.2) is 11.5 Å². The Morgan fingerprint density at radius 3 is 2.89 bits per heavy atom. The van der Waals surface area contributed by atoms with E-state index >= 15 is 0 Å². The van der Waals surface area contributed by atoms with E-state index in [0.29, 0.717) is 31.1 Å². The maximum atomic E-state index is 5.89. The van der Waals surface area contributed by atoms with E-state index in [1.165, 1.54) is 18.4 Å². The summed E-state index contributed by atoms with van der Waals surface area (Å²) >= 11 is 0. The average Bonchev–Trinajstić information content (AvgIpc) is 3.13. The molecule has 3 aliphatic rings. The quantitative estimate of drug-likeness (QED) is 0.907. The molecule has 1 N–H and O–H groups in total. The van der Waals surface area contributed by atoms with Gasteiger partial charge in [-0.1, -0.05) is 6.07 Å². The molecule has 0 aliphatic carbocycles. The summed E-state index contributed by atoms with van der Waals surface area (Å²) in [6.45, 7) is 2.53. The molecule has 3 aliphatic heterocycles. The molecule has 1 aromatic rings. The fraction of sp³-hybridized carbons (Fsp3) is 0.600. The molecular formula is C15H19NO3. The Kier molecular flexibility index (Phi) is 2.67. The highest BCUT2D eigenvalue weighted by molar-refractivity contribution is 5.45. The van der Waals surface area contributed by atoms with Crippen LogP contribution in [0.5, 0.6) is 11.5 Å². The van der Waals surface area contributed by atoms with Crippen molar-refractivity contribution in [2.24, 2.45) is 0 Å². The molecule has 2 bridgehead atoms. The van der Waals surface area contributed by atoms with Crippen LogP contribution in [0.3, 0.4) is 0 Å². The molecule has 0 amide bonds. The molecule has 3 heterocycles. The van der Waals surface area contributed by atoms with Crippen LogP contribution >= 0.6 is 0 Å². The summed E-state index contributed by atoms with van der Waals surface area (Å²) in [6, 6.07) is 6.99. The second-order valence-corrected chi connectivity index (χ2v) is 5.72. The molecule has 0 saturated carbocycles. The van der Waals surface area contributed by atoms with E-state index < -0.39 is 0 Å². The number of ether oxygens (including phenoxy) is 3. The number of hydrogen-bond acceptors (Lipinski definition) is 4. The third-order valence-corrected chi connectivity index (χ3v) is 4.47. The first kappa shape index (κ1) is 11.6. The van der Waals surface area contributed by atoms with Crippen molar-refractivity contribution in [3.63, 3.8) is 0 Å². The van der Waals surface area contributed by atoms with E-state index in [4.69, 9.17) is 14.2 Å². The summed E-state index contributed by atoms with van der Waals surface area (Å²) in [5, 5.41) is 3.70. The van der Waals surface area contributed by atoms with Crippen LogP contribution in [0.1, 0.15) is 37.8 Å². The molecule has 2 fully saturated rings. The predicted octanol–water partition coefficient (Wildman–Crippen LogP) is 2.39. The Morgan fingerprint density at radius 1 is 1.21 bits per heavy atom. The molecule has 0 aromatic heterocycles. The number of fused-ring (bicyclic) bond motifs is 3. The van der Waals surface area contributed by atoms with Gasteiger partial charge in [0.25, 0.3) is 0 Å². The first-order valence-corrected chi connectivity index (χ1v) is 7.10. The van der Waals surface area contributed by atoms with Gasteiger partial charge in [0.1, 0.15) is 0 Å². The predicted molar refractivity (Wildman–Crippen MR) is 70.4 cm³/mol.